The second-order valence-electron chi connectivity index (χ2n) is 5.30. The molecule has 0 radical (unpaired) electrons. The molecule has 7 heteroatoms. The summed E-state index contributed by atoms with van der Waals surface area (Å²) in [5.74, 6) is -2.35. The number of nitrogens with one attached hydrogen (secondary N) is 1. The molecule has 0 heterocycles. The standard InChI is InChI=1S/C12H16F2N2O2S/c1-12(3-2-4-12)7-16-19(17,18)11-9(13)5-8(15)6-10(11)14/h5-6,16H,2-4,7,15H2,1H3. The van der Waals surface area contributed by atoms with Gasteiger partial charge in [-0.25, -0.2) is 21.9 Å². The second kappa shape index (κ2) is 4.72. The van der Waals surface area contributed by atoms with Crippen molar-refractivity contribution in [3.05, 3.63) is 23.8 Å². The number of sulfonamides is 1. The predicted octanol–water partition coefficient (Wildman–Crippen LogP) is 2.02. The van der Waals surface area contributed by atoms with E-state index in [2.05, 4.69) is 4.72 Å². The van der Waals surface area contributed by atoms with E-state index in [0.717, 1.165) is 31.4 Å². The fraction of sp³-hybridized carbons (Fsp3) is 0.500. The highest BCUT2D eigenvalue weighted by atomic mass is 32.2. The number of hydrogen-bond acceptors (Lipinski definition) is 3. The van der Waals surface area contributed by atoms with Gasteiger partial charge >= 0.3 is 0 Å². The minimum atomic E-state index is -4.20. The summed E-state index contributed by atoms with van der Waals surface area (Å²) < 4.78 is 53.3. The number of nitrogens with two attached hydrogens (primary N) is 1. The second-order valence-corrected chi connectivity index (χ2v) is 7.01. The number of rotatable bonds is 4. The van der Waals surface area contributed by atoms with Gasteiger partial charge in [0.1, 0.15) is 11.6 Å². The smallest absolute Gasteiger partial charge is 0.246 e. The fourth-order valence-electron chi connectivity index (χ4n) is 2.13. The summed E-state index contributed by atoms with van der Waals surface area (Å²) >= 11 is 0. The van der Waals surface area contributed by atoms with Gasteiger partial charge in [-0.05, 0) is 30.4 Å². The molecule has 0 saturated heterocycles. The average molecular weight is 290 g/mol. The van der Waals surface area contributed by atoms with Gasteiger partial charge in [-0.1, -0.05) is 13.3 Å². The largest absolute Gasteiger partial charge is 0.399 e. The van der Waals surface area contributed by atoms with E-state index < -0.39 is 26.6 Å². The molecule has 0 aliphatic heterocycles. The monoisotopic (exact) mass is 290 g/mol. The summed E-state index contributed by atoms with van der Waals surface area (Å²) in [7, 11) is -4.20. The molecule has 1 aromatic carbocycles. The number of nitrogen functional groups attached to an aromatic ring is 1. The number of anilines is 1. The summed E-state index contributed by atoms with van der Waals surface area (Å²) in [6.45, 7) is 2.12. The summed E-state index contributed by atoms with van der Waals surface area (Å²) in [6, 6.07) is 1.59. The molecular formula is C12H16F2N2O2S. The summed E-state index contributed by atoms with van der Waals surface area (Å²) in [4.78, 5) is -0.968. The lowest BCUT2D eigenvalue weighted by Crippen LogP contribution is -2.40. The third-order valence-electron chi connectivity index (χ3n) is 3.54. The highest BCUT2D eigenvalue weighted by Crippen LogP contribution is 2.39. The van der Waals surface area contributed by atoms with Crippen LogP contribution in [0.1, 0.15) is 26.2 Å². The van der Waals surface area contributed by atoms with E-state index in [0.29, 0.717) is 0 Å². The van der Waals surface area contributed by atoms with Crippen molar-refractivity contribution in [2.75, 3.05) is 12.3 Å². The van der Waals surface area contributed by atoms with Gasteiger partial charge < -0.3 is 5.73 Å². The molecule has 1 aromatic rings. The van der Waals surface area contributed by atoms with Crippen LogP contribution in [0.3, 0.4) is 0 Å². The minimum absolute atomic E-state index is 0.117. The Bertz CT molecular complexity index is 575. The van der Waals surface area contributed by atoms with Crippen molar-refractivity contribution in [1.82, 2.24) is 4.72 Å². The topological polar surface area (TPSA) is 72.2 Å². The van der Waals surface area contributed by atoms with Crippen molar-refractivity contribution in [1.29, 1.82) is 0 Å². The summed E-state index contributed by atoms with van der Waals surface area (Å²) in [5.41, 5.74) is 4.98. The lowest BCUT2D eigenvalue weighted by atomic mass is 9.71. The van der Waals surface area contributed by atoms with Gasteiger partial charge in [-0.2, -0.15) is 0 Å². The van der Waals surface area contributed by atoms with Gasteiger partial charge in [0.25, 0.3) is 0 Å². The zero-order chi connectivity index (χ0) is 14.3. The predicted molar refractivity (Wildman–Crippen MR) is 67.9 cm³/mol. The van der Waals surface area contributed by atoms with Crippen LogP contribution in [-0.2, 0) is 10.0 Å². The first-order chi connectivity index (χ1) is 8.73. The van der Waals surface area contributed by atoms with Gasteiger partial charge in [0, 0.05) is 12.2 Å². The maximum Gasteiger partial charge on any atom is 0.246 e. The number of halogens is 2. The molecule has 0 unspecified atom stereocenters. The third kappa shape index (κ3) is 2.87. The lowest BCUT2D eigenvalue weighted by Gasteiger charge is -2.38. The summed E-state index contributed by atoms with van der Waals surface area (Å²) in [5, 5.41) is 0. The molecule has 0 amide bonds. The first-order valence-corrected chi connectivity index (χ1v) is 7.46. The number of benzene rings is 1. The highest BCUT2D eigenvalue weighted by molar-refractivity contribution is 7.89. The zero-order valence-electron chi connectivity index (χ0n) is 10.5. The van der Waals surface area contributed by atoms with Crippen LogP contribution in [0, 0.1) is 17.0 Å². The molecule has 0 spiro atoms. The Morgan fingerprint density at radius 2 is 1.84 bits per heavy atom. The Morgan fingerprint density at radius 1 is 1.32 bits per heavy atom. The summed E-state index contributed by atoms with van der Waals surface area (Å²) in [6.07, 6.45) is 2.85. The van der Waals surface area contributed by atoms with E-state index in [1.165, 1.54) is 0 Å². The third-order valence-corrected chi connectivity index (χ3v) is 4.99. The maximum atomic E-state index is 13.6. The molecule has 1 fully saturated rings. The molecule has 1 aliphatic carbocycles. The minimum Gasteiger partial charge on any atom is -0.399 e. The average Bonchev–Trinajstić information content (AvgIpc) is 2.22. The number of hydrogen-bond donors (Lipinski definition) is 2. The van der Waals surface area contributed by atoms with E-state index >= 15 is 0 Å². The normalized spacial score (nSPS) is 18.1. The molecule has 0 aromatic heterocycles. The van der Waals surface area contributed by atoms with Crippen LogP contribution in [0.25, 0.3) is 0 Å². The molecule has 2 rings (SSSR count). The van der Waals surface area contributed by atoms with E-state index in [4.69, 9.17) is 5.73 Å². The first kappa shape index (κ1) is 14.2. The lowest BCUT2D eigenvalue weighted by molar-refractivity contribution is 0.166. The quantitative estimate of drug-likeness (QED) is 0.833. The maximum absolute atomic E-state index is 13.6. The van der Waals surface area contributed by atoms with Crippen LogP contribution >= 0.6 is 0 Å². The van der Waals surface area contributed by atoms with Crippen LogP contribution < -0.4 is 10.5 Å². The molecule has 1 aliphatic rings. The van der Waals surface area contributed by atoms with Gasteiger partial charge in [0.2, 0.25) is 10.0 Å². The van der Waals surface area contributed by atoms with Gasteiger partial charge in [0.05, 0.1) is 0 Å². The van der Waals surface area contributed by atoms with Crippen LogP contribution in [0.4, 0.5) is 14.5 Å². The fourth-order valence-corrected chi connectivity index (χ4v) is 3.45. The van der Waals surface area contributed by atoms with E-state index in [1.54, 1.807) is 0 Å². The van der Waals surface area contributed by atoms with Gasteiger partial charge in [-0.15, -0.1) is 0 Å². The molecular weight excluding hydrogens is 274 g/mol. The van der Waals surface area contributed by atoms with Crippen molar-refractivity contribution in [3.63, 3.8) is 0 Å². The van der Waals surface area contributed by atoms with Crippen molar-refractivity contribution < 1.29 is 17.2 Å². The van der Waals surface area contributed by atoms with Crippen LogP contribution in [0.2, 0.25) is 0 Å². The van der Waals surface area contributed by atoms with Gasteiger partial charge in [-0.3, -0.25) is 0 Å². The SMILES string of the molecule is CC1(CNS(=O)(=O)c2c(F)cc(N)cc2F)CCC1. The van der Waals surface area contributed by atoms with E-state index in [1.807, 2.05) is 6.92 Å². The molecule has 19 heavy (non-hydrogen) atoms. The first-order valence-electron chi connectivity index (χ1n) is 5.98. The Kier molecular flexibility index (Phi) is 3.53. The van der Waals surface area contributed by atoms with Crippen molar-refractivity contribution in [2.45, 2.75) is 31.1 Å². The van der Waals surface area contributed by atoms with Crippen molar-refractivity contribution in [3.8, 4) is 0 Å². The molecule has 0 atom stereocenters. The van der Waals surface area contributed by atoms with Gasteiger partial charge in [0.15, 0.2) is 4.90 Å². The Balaban J connectivity index is 2.24. The molecule has 0 bridgehead atoms. The molecule has 106 valence electrons. The zero-order valence-corrected chi connectivity index (χ0v) is 11.4. The molecule has 1 saturated carbocycles. The van der Waals surface area contributed by atoms with Crippen LogP contribution in [0.5, 0.6) is 0 Å². The Labute approximate surface area is 111 Å². The van der Waals surface area contributed by atoms with Crippen LogP contribution in [-0.4, -0.2) is 15.0 Å². The highest BCUT2D eigenvalue weighted by Gasteiger charge is 2.34. The Morgan fingerprint density at radius 3 is 2.26 bits per heavy atom. The van der Waals surface area contributed by atoms with Crippen molar-refractivity contribution in [2.24, 2.45) is 5.41 Å². The molecule has 4 nitrogen and oxygen atoms in total. The van der Waals surface area contributed by atoms with Crippen molar-refractivity contribution >= 4 is 15.7 Å². The van der Waals surface area contributed by atoms with E-state index in [9.17, 15) is 17.2 Å². The molecule has 3 N–H and O–H groups in total. The Hall–Kier alpha value is -1.21. The van der Waals surface area contributed by atoms with Crippen LogP contribution in [0.15, 0.2) is 17.0 Å². The van der Waals surface area contributed by atoms with E-state index in [-0.39, 0.29) is 17.6 Å².